The molecule has 0 spiro atoms. The third-order valence-corrected chi connectivity index (χ3v) is 22.9. The first-order valence-electron chi connectivity index (χ1n) is 40.6. The second-order valence-corrected chi connectivity index (χ2v) is 30.1. The summed E-state index contributed by atoms with van der Waals surface area (Å²) in [6.45, 7) is 0. The Hall–Kier alpha value is -14.6. The minimum atomic E-state index is 0. The Balaban J connectivity index is 0.000000122. The van der Waals surface area contributed by atoms with Crippen LogP contribution in [0.3, 0.4) is 0 Å². The van der Waals surface area contributed by atoms with E-state index in [-0.39, 0.29) is 63.2 Å². The molecule has 0 fully saturated rings. The Morgan fingerprint density at radius 2 is 0.603 bits per heavy atom. The molecule has 0 N–H and O–H groups in total. The summed E-state index contributed by atoms with van der Waals surface area (Å²) in [5.41, 5.74) is 28.9. The third kappa shape index (κ3) is 14.6. The standard InChI is InChI=1S/3C36H23N5.3Pt/c1-40-34-15-5-3-13-32(34)39-36(40)24-16-18-28-27-10-2-4-14-33(27)41(35(28)22-24)25-17-19-26(30-11-6-8-20-37-30)29(23-25)31-12-7-9-21-38-31;1-40-33-17-5-3-15-31(33)39-36(40)25-18-19-28-27-12-2-4-16-32(27)41(34(28)23-25)26-11-8-10-24(22-26)35-29(13-9-21-38-35)30-14-6-7-20-37-30;1-40-34-15-5-3-13-31(34)39-36(40)26-16-17-29-28-11-2-4-14-33(28)41(35(29)23-26)27-10-8-9-24(21-27)32-22-25(18-20-38-32)30-12-6-7-19-37-30;;;/h2*2-21H,1H3;2-20,22H,1H3;;;/q3*-2;3*+2. The molecule has 126 heavy (non-hydrogen) atoms. The van der Waals surface area contributed by atoms with E-state index in [1.54, 1.807) is 0 Å². The summed E-state index contributed by atoms with van der Waals surface area (Å²) in [5, 5.41) is 6.90. The molecule has 12 aromatic heterocycles. The molecule has 0 atom stereocenters. The van der Waals surface area contributed by atoms with Crippen LogP contribution in [0.2, 0.25) is 0 Å². The van der Waals surface area contributed by atoms with Crippen molar-refractivity contribution in [1.82, 2.24) is 72.3 Å². The van der Waals surface area contributed by atoms with Crippen molar-refractivity contribution in [3.05, 3.63) is 401 Å². The van der Waals surface area contributed by atoms with E-state index in [4.69, 9.17) is 19.9 Å². The molecule has 24 rings (SSSR count). The van der Waals surface area contributed by atoms with E-state index in [2.05, 4.69) is 298 Å². The molecule has 0 bridgehead atoms. The number of imidazole rings is 3. The summed E-state index contributed by atoms with van der Waals surface area (Å²) in [6.07, 6.45) is 10.9. The molecule has 0 radical (unpaired) electrons. The molecule has 15 nitrogen and oxygen atoms in total. The average molecular weight is 2160 g/mol. The molecule has 0 saturated carbocycles. The van der Waals surface area contributed by atoms with Gasteiger partial charge in [-0.2, -0.15) is 0 Å². The van der Waals surface area contributed by atoms with E-state index >= 15 is 0 Å². The van der Waals surface area contributed by atoms with Crippen molar-refractivity contribution in [3.63, 3.8) is 0 Å². The van der Waals surface area contributed by atoms with Gasteiger partial charge in [0, 0.05) is 80.6 Å². The van der Waals surface area contributed by atoms with Crippen molar-refractivity contribution in [2.24, 2.45) is 21.1 Å². The van der Waals surface area contributed by atoms with Crippen LogP contribution in [0.4, 0.5) is 0 Å². The Bertz CT molecular complexity index is 8200. The van der Waals surface area contributed by atoms with Crippen LogP contribution in [0, 0.1) is 36.4 Å². The molecule has 0 aliphatic rings. The monoisotopic (exact) mass is 2160 g/mol. The number of nitrogens with zero attached hydrogens (tertiary/aromatic N) is 15. The molecule has 606 valence electrons. The van der Waals surface area contributed by atoms with E-state index in [9.17, 15) is 0 Å². The summed E-state index contributed by atoms with van der Waals surface area (Å²) in [6, 6.07) is 134. The Morgan fingerprint density at radius 3 is 1.05 bits per heavy atom. The summed E-state index contributed by atoms with van der Waals surface area (Å²) in [4.78, 5) is 42.7. The van der Waals surface area contributed by atoms with Crippen LogP contribution in [0.5, 0.6) is 0 Å². The van der Waals surface area contributed by atoms with Crippen LogP contribution < -0.4 is 0 Å². The first kappa shape index (κ1) is 81.1. The average Bonchev–Trinajstić information content (AvgIpc) is 1.59. The van der Waals surface area contributed by atoms with Gasteiger partial charge in [0.1, 0.15) is 0 Å². The van der Waals surface area contributed by atoms with Gasteiger partial charge in [-0.25, -0.2) is 0 Å². The second-order valence-electron chi connectivity index (χ2n) is 30.1. The minimum Gasteiger partial charge on any atom is -0.367 e. The SMILES string of the molecule is Cn1c(-c2[c-]c3c(cc2)c2ccccc2n3-c2[c-]c(-c3cc(-c4ccccn4)ccn3)ccc2)nc2ccccc21.Cn1c(-c2[c-]c3c(cc2)c2ccccc2n3-c2[c-]c(-c3ccccn3)c(-c3ccccn3)cc2)nc2ccccc21.Cn1c(-c2[c-]c3c(cc2)c2ccccc2n3-c2[c-]c(-c3ncccc3-c3ccccn3)ccc2)nc2ccccc21.[Pt+2].[Pt+2].[Pt+2]. The number of rotatable bonds is 12. The molecular formula is C108H69N15Pt3. The molecule has 0 saturated heterocycles. The van der Waals surface area contributed by atoms with Gasteiger partial charge < -0.3 is 42.4 Å². The summed E-state index contributed by atoms with van der Waals surface area (Å²) < 4.78 is 13.1. The molecule has 0 aliphatic heterocycles. The van der Waals surface area contributed by atoms with Gasteiger partial charge in [0.05, 0.1) is 62.0 Å². The van der Waals surface area contributed by atoms with E-state index in [0.717, 1.165) is 207 Å². The van der Waals surface area contributed by atoms with E-state index in [1.165, 1.54) is 10.8 Å². The van der Waals surface area contributed by atoms with E-state index in [1.807, 2.05) is 177 Å². The summed E-state index contributed by atoms with van der Waals surface area (Å²) >= 11 is 0. The Morgan fingerprint density at radius 1 is 0.230 bits per heavy atom. The topological polar surface area (TPSA) is 146 Å². The number of fused-ring (bicyclic) bond motifs is 12. The molecule has 0 amide bonds. The zero-order valence-electron chi connectivity index (χ0n) is 67.8. The van der Waals surface area contributed by atoms with E-state index < -0.39 is 0 Å². The summed E-state index contributed by atoms with van der Waals surface area (Å²) in [5.74, 6) is 2.66. The number of benzene rings is 12. The van der Waals surface area contributed by atoms with Gasteiger partial charge >= 0.3 is 63.2 Å². The molecule has 12 aromatic carbocycles. The van der Waals surface area contributed by atoms with Crippen LogP contribution in [-0.4, -0.2) is 72.3 Å². The van der Waals surface area contributed by atoms with Gasteiger partial charge in [0.25, 0.3) is 0 Å². The predicted molar refractivity (Wildman–Crippen MR) is 494 cm³/mol. The zero-order chi connectivity index (χ0) is 82.0. The number of hydrogen-bond acceptors (Lipinski definition) is 9. The third-order valence-electron chi connectivity index (χ3n) is 22.9. The molecular weight excluding hydrogens is 2090 g/mol. The van der Waals surface area contributed by atoms with Gasteiger partial charge in [-0.1, -0.05) is 155 Å². The maximum Gasteiger partial charge on any atom is 2.00 e. The van der Waals surface area contributed by atoms with Crippen molar-refractivity contribution in [2.45, 2.75) is 0 Å². The molecule has 12 heterocycles. The van der Waals surface area contributed by atoms with Crippen molar-refractivity contribution < 1.29 is 63.2 Å². The van der Waals surface area contributed by atoms with Crippen LogP contribution in [0.1, 0.15) is 0 Å². The van der Waals surface area contributed by atoms with E-state index in [0.29, 0.717) is 0 Å². The number of aryl methyl sites for hydroxylation is 3. The van der Waals surface area contributed by atoms with Crippen LogP contribution in [0.15, 0.2) is 365 Å². The van der Waals surface area contributed by atoms with Crippen molar-refractivity contribution in [2.75, 3.05) is 0 Å². The smallest absolute Gasteiger partial charge is 0.367 e. The van der Waals surface area contributed by atoms with Gasteiger partial charge in [0.15, 0.2) is 0 Å². The van der Waals surface area contributed by atoms with Crippen LogP contribution in [-0.2, 0) is 84.3 Å². The number of aromatic nitrogens is 15. The fourth-order valence-corrected chi connectivity index (χ4v) is 17.1. The van der Waals surface area contributed by atoms with Gasteiger partial charge in [-0.3, -0.25) is 29.9 Å². The maximum absolute atomic E-state index is 4.94. The Labute approximate surface area is 768 Å². The number of pyridine rings is 6. The molecule has 0 aliphatic carbocycles. The minimum absolute atomic E-state index is 0. The molecule has 24 aromatic rings. The maximum atomic E-state index is 4.94. The Kier molecular flexibility index (Phi) is 22.3. The van der Waals surface area contributed by atoms with Gasteiger partial charge in [0.2, 0.25) is 0 Å². The van der Waals surface area contributed by atoms with Gasteiger partial charge in [-0.05, 0) is 187 Å². The zero-order valence-corrected chi connectivity index (χ0v) is 74.6. The molecule has 18 heteroatoms. The number of hydrogen-bond donors (Lipinski definition) is 0. The quantitative estimate of drug-likeness (QED) is 0.109. The first-order chi connectivity index (χ1) is 60.8. The van der Waals surface area contributed by atoms with Crippen LogP contribution in [0.25, 0.3) is 217 Å². The first-order valence-corrected chi connectivity index (χ1v) is 40.6. The molecule has 0 unspecified atom stereocenters. The second kappa shape index (κ2) is 34.6. The largest absolute Gasteiger partial charge is 2.00 e. The van der Waals surface area contributed by atoms with Crippen LogP contribution >= 0.6 is 0 Å². The summed E-state index contributed by atoms with van der Waals surface area (Å²) in [7, 11) is 6.17. The van der Waals surface area contributed by atoms with Crippen molar-refractivity contribution in [1.29, 1.82) is 0 Å². The van der Waals surface area contributed by atoms with Crippen molar-refractivity contribution >= 4 is 98.5 Å². The fourth-order valence-electron chi connectivity index (χ4n) is 17.1. The fraction of sp³-hybridized carbons (Fsp3) is 0.0278. The predicted octanol–water partition coefficient (Wildman–Crippen LogP) is 24.2. The van der Waals surface area contributed by atoms with Crippen molar-refractivity contribution in [3.8, 4) is 119 Å². The number of para-hydroxylation sites is 9. The normalized spacial score (nSPS) is 11.3. The van der Waals surface area contributed by atoms with Gasteiger partial charge in [-0.15, -0.1) is 155 Å².